The predicted molar refractivity (Wildman–Crippen MR) is 64.7 cm³/mol. The van der Waals surface area contributed by atoms with Gasteiger partial charge in [0, 0.05) is 12.1 Å². The van der Waals surface area contributed by atoms with Gasteiger partial charge < -0.3 is 5.73 Å². The van der Waals surface area contributed by atoms with Crippen LogP contribution in [0.2, 0.25) is 0 Å². The van der Waals surface area contributed by atoms with Crippen LogP contribution in [0.3, 0.4) is 0 Å². The lowest BCUT2D eigenvalue weighted by Crippen LogP contribution is -2.24. The molecule has 0 spiro atoms. The Kier molecular flexibility index (Phi) is 3.88. The Morgan fingerprint density at radius 2 is 2.21 bits per heavy atom. The fraction of sp³-hybridized carbons (Fsp3) is 0.200. The molecule has 0 aliphatic rings. The molecule has 1 heterocycles. The van der Waals surface area contributed by atoms with Crippen LogP contribution in [0.1, 0.15) is 11.4 Å². The summed E-state index contributed by atoms with van der Waals surface area (Å²) in [5.74, 6) is -0.151. The van der Waals surface area contributed by atoms with Crippen LogP contribution < -0.4 is 10.5 Å². The second-order valence-electron chi connectivity index (χ2n) is 3.71. The van der Waals surface area contributed by atoms with Gasteiger partial charge in [0.15, 0.2) is 0 Å². The zero-order valence-corrected chi connectivity index (χ0v) is 10.6. The fourth-order valence-corrected chi connectivity index (χ4v) is 2.48. The predicted octanol–water partition coefficient (Wildman–Crippen LogP) is -0.119. The van der Waals surface area contributed by atoms with E-state index >= 15 is 0 Å². The van der Waals surface area contributed by atoms with Gasteiger partial charge in [0.05, 0.1) is 11.4 Å². The normalized spacial score (nSPS) is 11.7. The Morgan fingerprint density at radius 3 is 2.84 bits per heavy atom. The van der Waals surface area contributed by atoms with E-state index < -0.39 is 15.8 Å². The first-order chi connectivity index (χ1) is 9.03. The number of nitrogens with two attached hydrogens (primary N) is 1. The van der Waals surface area contributed by atoms with Gasteiger partial charge in [-0.25, -0.2) is 22.5 Å². The monoisotopic (exact) mass is 285 g/mol. The van der Waals surface area contributed by atoms with Crippen LogP contribution in [0.5, 0.6) is 0 Å². The summed E-state index contributed by atoms with van der Waals surface area (Å²) in [5, 5.41) is 6.12. The molecule has 0 amide bonds. The minimum atomic E-state index is -3.75. The van der Waals surface area contributed by atoms with Gasteiger partial charge in [-0.3, -0.25) is 5.10 Å². The standard InChI is InChI=1S/C10H12FN5O2S/c11-9-2-1-8(3-7(9)4-12)19(17,18)15-5-10-13-6-14-16-10/h1-3,6,15H,4-5,12H2,(H,13,14,16). The van der Waals surface area contributed by atoms with Gasteiger partial charge in [0.25, 0.3) is 0 Å². The third kappa shape index (κ3) is 3.13. The summed E-state index contributed by atoms with van der Waals surface area (Å²) >= 11 is 0. The van der Waals surface area contributed by atoms with E-state index in [1.807, 2.05) is 0 Å². The third-order valence-corrected chi connectivity index (χ3v) is 3.84. The summed E-state index contributed by atoms with van der Waals surface area (Å²) < 4.78 is 39.5. The van der Waals surface area contributed by atoms with Gasteiger partial charge in [0.2, 0.25) is 10.0 Å². The quantitative estimate of drug-likeness (QED) is 0.708. The van der Waals surface area contributed by atoms with Crippen molar-refractivity contribution < 1.29 is 12.8 Å². The summed E-state index contributed by atoms with van der Waals surface area (Å²) in [5.41, 5.74) is 5.48. The van der Waals surface area contributed by atoms with Crippen molar-refractivity contribution in [3.8, 4) is 0 Å². The number of halogens is 1. The highest BCUT2D eigenvalue weighted by Crippen LogP contribution is 2.14. The number of aromatic nitrogens is 3. The van der Waals surface area contributed by atoms with E-state index in [1.54, 1.807) is 0 Å². The molecule has 2 rings (SSSR count). The molecular formula is C10H12FN5O2S. The van der Waals surface area contributed by atoms with E-state index in [0.29, 0.717) is 5.82 Å². The van der Waals surface area contributed by atoms with Crippen molar-refractivity contribution in [2.45, 2.75) is 18.0 Å². The molecule has 9 heteroatoms. The zero-order valence-electron chi connectivity index (χ0n) is 9.80. The molecule has 7 nitrogen and oxygen atoms in total. The first-order valence-corrected chi connectivity index (χ1v) is 6.83. The maximum atomic E-state index is 13.2. The molecule has 102 valence electrons. The van der Waals surface area contributed by atoms with E-state index in [2.05, 4.69) is 19.9 Å². The molecule has 0 aliphatic carbocycles. The fourth-order valence-electron chi connectivity index (χ4n) is 1.44. The van der Waals surface area contributed by atoms with Crippen molar-refractivity contribution in [3.63, 3.8) is 0 Å². The number of aromatic amines is 1. The second-order valence-corrected chi connectivity index (χ2v) is 5.48. The number of nitrogens with zero attached hydrogens (tertiary/aromatic N) is 2. The lowest BCUT2D eigenvalue weighted by atomic mass is 10.2. The van der Waals surface area contributed by atoms with Crippen molar-refractivity contribution in [2.75, 3.05) is 0 Å². The lowest BCUT2D eigenvalue weighted by molar-refractivity contribution is 0.577. The van der Waals surface area contributed by atoms with E-state index in [1.165, 1.54) is 18.5 Å². The molecule has 4 N–H and O–H groups in total. The van der Waals surface area contributed by atoms with Gasteiger partial charge >= 0.3 is 0 Å². The maximum absolute atomic E-state index is 13.2. The van der Waals surface area contributed by atoms with Gasteiger partial charge in [-0.05, 0) is 18.2 Å². The Hall–Kier alpha value is -1.84. The topological polar surface area (TPSA) is 114 Å². The lowest BCUT2D eigenvalue weighted by Gasteiger charge is -2.07. The summed E-state index contributed by atoms with van der Waals surface area (Å²) in [6, 6.07) is 3.46. The molecule has 0 bridgehead atoms. The summed E-state index contributed by atoms with van der Waals surface area (Å²) in [4.78, 5) is 3.74. The summed E-state index contributed by atoms with van der Waals surface area (Å²) in [6.07, 6.45) is 1.27. The smallest absolute Gasteiger partial charge is 0.240 e. The highest BCUT2D eigenvalue weighted by Gasteiger charge is 2.16. The molecule has 1 aromatic carbocycles. The number of rotatable bonds is 5. The molecule has 0 radical (unpaired) electrons. The minimum absolute atomic E-state index is 0.0301. The Bertz CT molecular complexity index is 657. The Balaban J connectivity index is 2.19. The first-order valence-electron chi connectivity index (χ1n) is 5.35. The van der Waals surface area contributed by atoms with Crippen LogP contribution in [0.25, 0.3) is 0 Å². The molecule has 0 fully saturated rings. The molecule has 19 heavy (non-hydrogen) atoms. The third-order valence-electron chi connectivity index (χ3n) is 2.44. The number of H-pyrrole nitrogens is 1. The number of hydrogen-bond acceptors (Lipinski definition) is 5. The largest absolute Gasteiger partial charge is 0.326 e. The molecule has 0 saturated heterocycles. The zero-order chi connectivity index (χ0) is 13.9. The van der Waals surface area contributed by atoms with Gasteiger partial charge in [-0.1, -0.05) is 0 Å². The summed E-state index contributed by atoms with van der Waals surface area (Å²) in [7, 11) is -3.75. The summed E-state index contributed by atoms with van der Waals surface area (Å²) in [6.45, 7) is -0.102. The van der Waals surface area contributed by atoms with Crippen LogP contribution in [0, 0.1) is 5.82 Å². The Labute approximate surface area is 109 Å². The number of benzene rings is 1. The average Bonchev–Trinajstić information content (AvgIpc) is 2.90. The molecule has 1 aromatic heterocycles. The van der Waals surface area contributed by atoms with E-state index in [9.17, 15) is 12.8 Å². The van der Waals surface area contributed by atoms with Crippen LogP contribution >= 0.6 is 0 Å². The van der Waals surface area contributed by atoms with Gasteiger partial charge in [-0.15, -0.1) is 0 Å². The number of nitrogens with one attached hydrogen (secondary N) is 2. The molecule has 0 saturated carbocycles. The van der Waals surface area contributed by atoms with Gasteiger partial charge in [0.1, 0.15) is 18.0 Å². The number of sulfonamides is 1. The van der Waals surface area contributed by atoms with Crippen molar-refractivity contribution >= 4 is 10.0 Å². The molecule has 2 aromatic rings. The van der Waals surface area contributed by atoms with E-state index in [4.69, 9.17) is 5.73 Å². The Morgan fingerprint density at radius 1 is 1.42 bits per heavy atom. The highest BCUT2D eigenvalue weighted by atomic mass is 32.2. The first kappa shape index (κ1) is 13.6. The highest BCUT2D eigenvalue weighted by molar-refractivity contribution is 7.89. The number of hydrogen-bond donors (Lipinski definition) is 3. The van der Waals surface area contributed by atoms with Crippen molar-refractivity contribution in [3.05, 3.63) is 41.7 Å². The molecule has 0 unspecified atom stereocenters. The maximum Gasteiger partial charge on any atom is 0.240 e. The minimum Gasteiger partial charge on any atom is -0.326 e. The van der Waals surface area contributed by atoms with Crippen LogP contribution in [-0.2, 0) is 23.1 Å². The van der Waals surface area contributed by atoms with Crippen molar-refractivity contribution in [1.82, 2.24) is 19.9 Å². The van der Waals surface area contributed by atoms with Gasteiger partial charge in [-0.2, -0.15) is 5.10 Å². The molecular weight excluding hydrogens is 273 g/mol. The second kappa shape index (κ2) is 5.43. The van der Waals surface area contributed by atoms with Crippen molar-refractivity contribution in [2.24, 2.45) is 5.73 Å². The average molecular weight is 285 g/mol. The van der Waals surface area contributed by atoms with Crippen molar-refractivity contribution in [1.29, 1.82) is 0 Å². The van der Waals surface area contributed by atoms with Crippen LogP contribution in [0.4, 0.5) is 4.39 Å². The van der Waals surface area contributed by atoms with Crippen LogP contribution in [0.15, 0.2) is 29.4 Å². The van der Waals surface area contributed by atoms with Crippen LogP contribution in [-0.4, -0.2) is 23.6 Å². The van der Waals surface area contributed by atoms with E-state index in [-0.39, 0.29) is 23.5 Å². The molecule has 0 atom stereocenters. The SMILES string of the molecule is NCc1cc(S(=O)(=O)NCc2ncn[nH]2)ccc1F. The van der Waals surface area contributed by atoms with E-state index in [0.717, 1.165) is 6.07 Å². The molecule has 0 aliphatic heterocycles.